The SMILES string of the molecule is C=N/C=C\C=C(/C)c1nn(-c2ccc(C(=O)O)cc2)c2c1CCc1nc(NC(C)=O)sc1-2. The minimum atomic E-state index is -0.981. The summed E-state index contributed by atoms with van der Waals surface area (Å²) in [6.45, 7) is 6.89. The van der Waals surface area contributed by atoms with Crippen molar-refractivity contribution in [2.75, 3.05) is 5.32 Å². The molecule has 4 rings (SSSR count). The second-order valence-corrected chi connectivity index (χ2v) is 8.29. The van der Waals surface area contributed by atoms with E-state index in [0.717, 1.165) is 51.6 Å². The molecular formula is C23H21N5O3S. The molecule has 9 heteroatoms. The number of nitrogens with zero attached hydrogens (tertiary/aromatic N) is 4. The van der Waals surface area contributed by atoms with Gasteiger partial charge in [0.2, 0.25) is 5.91 Å². The highest BCUT2D eigenvalue weighted by atomic mass is 32.1. The Morgan fingerprint density at radius 3 is 2.66 bits per heavy atom. The Balaban J connectivity index is 1.90. The normalized spacial score (nSPS) is 13.0. The summed E-state index contributed by atoms with van der Waals surface area (Å²) in [7, 11) is 0. The minimum absolute atomic E-state index is 0.170. The zero-order valence-electron chi connectivity index (χ0n) is 17.6. The average molecular weight is 448 g/mol. The molecule has 1 aliphatic rings. The fraction of sp³-hybridized carbons (Fsp3) is 0.174. The van der Waals surface area contributed by atoms with E-state index in [9.17, 15) is 14.7 Å². The number of carbonyl (C=O) groups is 2. The average Bonchev–Trinajstić information content (AvgIpc) is 3.34. The first-order valence-corrected chi connectivity index (χ1v) is 10.7. The number of aryl methyl sites for hydroxylation is 1. The summed E-state index contributed by atoms with van der Waals surface area (Å²) < 4.78 is 1.83. The third-order valence-corrected chi connectivity index (χ3v) is 6.08. The molecule has 1 aliphatic carbocycles. The van der Waals surface area contributed by atoms with Gasteiger partial charge in [-0.1, -0.05) is 17.4 Å². The standard InChI is InChI=1S/C23H21N5O3S/c1-13(5-4-12-24-3)19-17-10-11-18-21(32-23(26-18)25-14(2)29)20(17)28(27-19)16-8-6-15(7-9-16)22(30)31/h4-9,12H,3,10-11H2,1-2H3,(H,30,31)(H,25,26,29)/b12-4-,13-5+. The van der Waals surface area contributed by atoms with Crippen LogP contribution in [0.4, 0.5) is 5.13 Å². The summed E-state index contributed by atoms with van der Waals surface area (Å²) in [5, 5.41) is 17.5. The molecule has 0 aliphatic heterocycles. The van der Waals surface area contributed by atoms with Crippen LogP contribution in [0.25, 0.3) is 21.8 Å². The molecule has 0 saturated carbocycles. The van der Waals surface area contributed by atoms with Gasteiger partial charge in [0.15, 0.2) is 5.13 Å². The number of thiazole rings is 1. The number of carbonyl (C=O) groups excluding carboxylic acids is 1. The number of allylic oxidation sites excluding steroid dienone is 3. The first-order chi connectivity index (χ1) is 15.4. The van der Waals surface area contributed by atoms with Gasteiger partial charge in [0.05, 0.1) is 33.2 Å². The van der Waals surface area contributed by atoms with E-state index in [0.29, 0.717) is 5.13 Å². The number of hydrogen-bond acceptors (Lipinski definition) is 6. The Morgan fingerprint density at radius 1 is 1.25 bits per heavy atom. The summed E-state index contributed by atoms with van der Waals surface area (Å²) in [6, 6.07) is 6.60. The topological polar surface area (TPSA) is 109 Å². The number of nitrogens with one attached hydrogen (secondary N) is 1. The maximum absolute atomic E-state index is 11.5. The van der Waals surface area contributed by atoms with Gasteiger partial charge >= 0.3 is 5.97 Å². The molecule has 1 amide bonds. The molecule has 2 heterocycles. The zero-order chi connectivity index (χ0) is 22.8. The van der Waals surface area contributed by atoms with Crippen molar-refractivity contribution < 1.29 is 14.7 Å². The Kier molecular flexibility index (Phi) is 5.83. The Bertz CT molecular complexity index is 1280. The third-order valence-electron chi connectivity index (χ3n) is 5.06. The van der Waals surface area contributed by atoms with Crippen molar-refractivity contribution in [2.24, 2.45) is 4.99 Å². The Hall–Kier alpha value is -3.85. The van der Waals surface area contributed by atoms with Gasteiger partial charge in [0.1, 0.15) is 0 Å². The maximum atomic E-state index is 11.5. The number of carboxylic acid groups (broad SMARTS) is 1. The van der Waals surface area contributed by atoms with Gasteiger partial charge in [-0.2, -0.15) is 5.10 Å². The molecule has 1 aromatic carbocycles. The lowest BCUT2D eigenvalue weighted by atomic mass is 9.95. The molecule has 0 radical (unpaired) electrons. The van der Waals surface area contributed by atoms with Crippen molar-refractivity contribution in [3.63, 3.8) is 0 Å². The number of anilines is 1. The second-order valence-electron chi connectivity index (χ2n) is 7.29. The number of aromatic carboxylic acids is 1. The highest BCUT2D eigenvalue weighted by Gasteiger charge is 2.29. The van der Waals surface area contributed by atoms with Gasteiger partial charge in [0.25, 0.3) is 0 Å². The lowest BCUT2D eigenvalue weighted by Crippen LogP contribution is -2.07. The van der Waals surface area contributed by atoms with E-state index >= 15 is 0 Å². The number of aromatic nitrogens is 3. The fourth-order valence-corrected chi connectivity index (χ4v) is 4.77. The molecule has 0 bridgehead atoms. The molecule has 0 atom stereocenters. The van der Waals surface area contributed by atoms with Crippen molar-refractivity contribution in [1.29, 1.82) is 0 Å². The van der Waals surface area contributed by atoms with Crippen LogP contribution in [0.15, 0.2) is 47.6 Å². The van der Waals surface area contributed by atoms with Crippen LogP contribution < -0.4 is 5.32 Å². The van der Waals surface area contributed by atoms with E-state index in [-0.39, 0.29) is 11.5 Å². The van der Waals surface area contributed by atoms with Crippen LogP contribution in [-0.2, 0) is 17.6 Å². The number of amides is 1. The molecular weight excluding hydrogens is 426 g/mol. The molecule has 0 spiro atoms. The van der Waals surface area contributed by atoms with E-state index in [1.807, 2.05) is 23.8 Å². The van der Waals surface area contributed by atoms with Crippen LogP contribution >= 0.6 is 11.3 Å². The first kappa shape index (κ1) is 21.4. The third kappa shape index (κ3) is 4.02. The number of carboxylic acids is 1. The quantitative estimate of drug-likeness (QED) is 0.431. The number of hydrogen-bond donors (Lipinski definition) is 2. The van der Waals surface area contributed by atoms with Gasteiger partial charge in [-0.15, -0.1) is 0 Å². The van der Waals surface area contributed by atoms with Gasteiger partial charge in [-0.25, -0.2) is 14.5 Å². The predicted octanol–water partition coefficient (Wildman–Crippen LogP) is 4.37. The summed E-state index contributed by atoms with van der Waals surface area (Å²) >= 11 is 1.42. The molecule has 162 valence electrons. The van der Waals surface area contributed by atoms with E-state index in [1.165, 1.54) is 18.3 Å². The molecule has 32 heavy (non-hydrogen) atoms. The van der Waals surface area contributed by atoms with Crippen LogP contribution in [0.1, 0.15) is 41.2 Å². The van der Waals surface area contributed by atoms with Crippen LogP contribution in [0.3, 0.4) is 0 Å². The van der Waals surface area contributed by atoms with Gasteiger partial charge in [0, 0.05) is 18.7 Å². The number of benzene rings is 1. The maximum Gasteiger partial charge on any atom is 0.335 e. The van der Waals surface area contributed by atoms with Crippen molar-refractivity contribution in [2.45, 2.75) is 26.7 Å². The van der Waals surface area contributed by atoms with Crippen molar-refractivity contribution in [3.05, 3.63) is 65.1 Å². The Morgan fingerprint density at radius 2 is 2.00 bits per heavy atom. The molecule has 2 aromatic heterocycles. The molecule has 0 fully saturated rings. The van der Waals surface area contributed by atoms with Gasteiger partial charge in [-0.3, -0.25) is 9.79 Å². The molecule has 0 saturated heterocycles. The van der Waals surface area contributed by atoms with E-state index < -0.39 is 5.97 Å². The van der Waals surface area contributed by atoms with E-state index in [1.54, 1.807) is 30.5 Å². The van der Waals surface area contributed by atoms with Crippen molar-refractivity contribution in [3.8, 4) is 16.3 Å². The van der Waals surface area contributed by atoms with Gasteiger partial charge < -0.3 is 10.4 Å². The first-order valence-electron chi connectivity index (χ1n) is 9.92. The fourth-order valence-electron chi connectivity index (χ4n) is 3.65. The second kappa shape index (κ2) is 8.72. The van der Waals surface area contributed by atoms with Gasteiger partial charge in [-0.05, 0) is 62.4 Å². The smallest absolute Gasteiger partial charge is 0.335 e. The molecule has 0 unspecified atom stereocenters. The lowest BCUT2D eigenvalue weighted by molar-refractivity contribution is -0.114. The number of fused-ring (bicyclic) bond motifs is 3. The zero-order valence-corrected chi connectivity index (χ0v) is 18.4. The van der Waals surface area contributed by atoms with E-state index in [4.69, 9.17) is 5.10 Å². The highest BCUT2D eigenvalue weighted by molar-refractivity contribution is 7.19. The number of rotatable bonds is 6. The molecule has 8 nitrogen and oxygen atoms in total. The highest BCUT2D eigenvalue weighted by Crippen LogP contribution is 2.43. The van der Waals surface area contributed by atoms with Crippen LogP contribution in [0.5, 0.6) is 0 Å². The summed E-state index contributed by atoms with van der Waals surface area (Å²) in [5.74, 6) is -1.15. The van der Waals surface area contributed by atoms with Crippen LogP contribution in [0, 0.1) is 0 Å². The summed E-state index contributed by atoms with van der Waals surface area (Å²) in [6.07, 6.45) is 6.85. The van der Waals surface area contributed by atoms with Crippen LogP contribution in [0.2, 0.25) is 0 Å². The monoisotopic (exact) mass is 447 g/mol. The van der Waals surface area contributed by atoms with Crippen molar-refractivity contribution >= 4 is 40.6 Å². The summed E-state index contributed by atoms with van der Waals surface area (Å²) in [4.78, 5) is 32.1. The van der Waals surface area contributed by atoms with Crippen molar-refractivity contribution in [1.82, 2.24) is 14.8 Å². The minimum Gasteiger partial charge on any atom is -0.478 e. The molecule has 2 N–H and O–H groups in total. The predicted molar refractivity (Wildman–Crippen MR) is 126 cm³/mol. The largest absolute Gasteiger partial charge is 0.478 e. The van der Waals surface area contributed by atoms with E-state index in [2.05, 4.69) is 22.0 Å². The molecule has 3 aromatic rings. The lowest BCUT2D eigenvalue weighted by Gasteiger charge is -2.14. The summed E-state index contributed by atoms with van der Waals surface area (Å²) in [5.41, 5.74) is 5.70. The Labute approximate surface area is 188 Å². The van der Waals surface area contributed by atoms with Crippen LogP contribution in [-0.4, -0.2) is 38.5 Å². The number of aliphatic imine (C=N–C) groups is 1.